The molecule has 3 aromatic rings. The molecule has 1 aromatic carbocycles. The molecule has 0 aliphatic rings. The second kappa shape index (κ2) is 11.1. The standard InChI is InChI=1S/C23H25FN6O3/c1-15(31)11-25-8-9-30(3)22-13-26-14-23(29-22)33-21-7-4-17(10-19(21)24)20-6-5-18(12-27-20)28-16(2)32/h4-7,10,12-14,25H,8-9,11H2,1-3H3,(H,28,32). The summed E-state index contributed by atoms with van der Waals surface area (Å²) in [7, 11) is 1.84. The van der Waals surface area contributed by atoms with E-state index in [1.54, 1.807) is 24.4 Å². The maximum Gasteiger partial charge on any atom is 0.239 e. The molecule has 3 rings (SSSR count). The Balaban J connectivity index is 1.66. The minimum absolute atomic E-state index is 0.00541. The number of halogens is 1. The van der Waals surface area contributed by atoms with Crippen molar-refractivity contribution in [2.75, 3.05) is 36.9 Å². The second-order valence-corrected chi connectivity index (χ2v) is 7.38. The van der Waals surface area contributed by atoms with Gasteiger partial charge in [0.05, 0.1) is 36.5 Å². The van der Waals surface area contributed by atoms with Gasteiger partial charge in [0.1, 0.15) is 5.78 Å². The van der Waals surface area contributed by atoms with Crippen molar-refractivity contribution in [2.45, 2.75) is 13.8 Å². The van der Waals surface area contributed by atoms with Crippen LogP contribution in [0.15, 0.2) is 48.9 Å². The molecule has 2 heterocycles. The van der Waals surface area contributed by atoms with Gasteiger partial charge in [-0.2, -0.15) is 4.98 Å². The van der Waals surface area contributed by atoms with E-state index in [0.29, 0.717) is 42.4 Å². The van der Waals surface area contributed by atoms with Gasteiger partial charge in [0.2, 0.25) is 11.8 Å². The van der Waals surface area contributed by atoms with Crippen molar-refractivity contribution in [3.8, 4) is 22.9 Å². The zero-order valence-electron chi connectivity index (χ0n) is 18.6. The fraction of sp³-hybridized carbons (Fsp3) is 0.261. The van der Waals surface area contributed by atoms with E-state index in [2.05, 4.69) is 25.6 Å². The zero-order valence-corrected chi connectivity index (χ0v) is 18.6. The number of ketones is 1. The molecule has 0 fully saturated rings. The predicted molar refractivity (Wildman–Crippen MR) is 123 cm³/mol. The summed E-state index contributed by atoms with van der Waals surface area (Å²) in [6.45, 7) is 4.44. The molecule has 9 nitrogen and oxygen atoms in total. The van der Waals surface area contributed by atoms with Crippen molar-refractivity contribution in [1.82, 2.24) is 20.3 Å². The molecule has 0 unspecified atom stereocenters. The van der Waals surface area contributed by atoms with Crippen LogP contribution in [0.1, 0.15) is 13.8 Å². The number of aromatic nitrogens is 3. The smallest absolute Gasteiger partial charge is 0.239 e. The summed E-state index contributed by atoms with van der Waals surface area (Å²) >= 11 is 0. The molecule has 0 saturated heterocycles. The number of carbonyl (C=O) groups is 2. The highest BCUT2D eigenvalue weighted by Crippen LogP contribution is 2.28. The van der Waals surface area contributed by atoms with E-state index in [1.165, 1.54) is 38.4 Å². The van der Waals surface area contributed by atoms with Gasteiger partial charge in [0.25, 0.3) is 0 Å². The number of anilines is 2. The highest BCUT2D eigenvalue weighted by atomic mass is 19.1. The van der Waals surface area contributed by atoms with Gasteiger partial charge in [0, 0.05) is 32.6 Å². The average Bonchev–Trinajstić information content (AvgIpc) is 2.78. The molecule has 0 aliphatic carbocycles. The van der Waals surface area contributed by atoms with Crippen LogP contribution in [0.3, 0.4) is 0 Å². The third-order valence-electron chi connectivity index (χ3n) is 4.51. The SMILES string of the molecule is CC(=O)CNCCN(C)c1cncc(Oc2ccc(-c3ccc(NC(C)=O)cn3)cc2F)n1. The van der Waals surface area contributed by atoms with Crippen LogP contribution in [0.4, 0.5) is 15.9 Å². The molecule has 10 heteroatoms. The Morgan fingerprint density at radius 3 is 2.61 bits per heavy atom. The monoisotopic (exact) mass is 452 g/mol. The largest absolute Gasteiger partial charge is 0.434 e. The van der Waals surface area contributed by atoms with Crippen LogP contribution in [-0.4, -0.2) is 53.3 Å². The summed E-state index contributed by atoms with van der Waals surface area (Å²) in [5.74, 6) is 0.0111. The number of benzene rings is 1. The van der Waals surface area contributed by atoms with Crippen LogP contribution in [0.2, 0.25) is 0 Å². The molecule has 0 radical (unpaired) electrons. The average molecular weight is 452 g/mol. The first-order chi connectivity index (χ1) is 15.8. The highest BCUT2D eigenvalue weighted by Gasteiger charge is 2.11. The summed E-state index contributed by atoms with van der Waals surface area (Å²) in [6.07, 6.45) is 4.49. The highest BCUT2D eigenvalue weighted by molar-refractivity contribution is 5.88. The molecule has 2 N–H and O–H groups in total. The molecule has 0 spiro atoms. The normalized spacial score (nSPS) is 10.5. The molecule has 1 amide bonds. The Labute approximate surface area is 191 Å². The third kappa shape index (κ3) is 7.04. The lowest BCUT2D eigenvalue weighted by Crippen LogP contribution is -2.32. The van der Waals surface area contributed by atoms with Crippen LogP contribution in [0.25, 0.3) is 11.3 Å². The number of likely N-dealkylation sites (N-methyl/N-ethyl adjacent to an activating group) is 1. The van der Waals surface area contributed by atoms with Gasteiger partial charge in [-0.3, -0.25) is 19.6 Å². The number of Topliss-reactive ketones (excluding diaryl/α,β-unsaturated/α-hetero) is 1. The zero-order chi connectivity index (χ0) is 23.8. The number of carbonyl (C=O) groups excluding carboxylic acids is 2. The van der Waals surface area contributed by atoms with Gasteiger partial charge in [-0.1, -0.05) is 0 Å². The quantitative estimate of drug-likeness (QED) is 0.452. The number of hydrogen-bond donors (Lipinski definition) is 2. The van der Waals surface area contributed by atoms with E-state index in [0.717, 1.165) is 0 Å². The van der Waals surface area contributed by atoms with Gasteiger partial charge in [-0.25, -0.2) is 4.39 Å². The van der Waals surface area contributed by atoms with Crippen LogP contribution >= 0.6 is 0 Å². The number of hydrogen-bond acceptors (Lipinski definition) is 8. The molecular formula is C23H25FN6O3. The van der Waals surface area contributed by atoms with Gasteiger partial charge in [0.15, 0.2) is 17.4 Å². The summed E-state index contributed by atoms with van der Waals surface area (Å²) in [5, 5.41) is 5.67. The lowest BCUT2D eigenvalue weighted by Gasteiger charge is -2.18. The Bertz CT molecular complexity index is 1120. The molecule has 0 aliphatic heterocycles. The van der Waals surface area contributed by atoms with E-state index in [9.17, 15) is 14.0 Å². The lowest BCUT2D eigenvalue weighted by molar-refractivity contribution is -0.116. The Kier molecular flexibility index (Phi) is 7.98. The fourth-order valence-electron chi connectivity index (χ4n) is 2.89. The summed E-state index contributed by atoms with van der Waals surface area (Å²) in [5.41, 5.74) is 1.67. The van der Waals surface area contributed by atoms with Gasteiger partial charge >= 0.3 is 0 Å². The Morgan fingerprint density at radius 1 is 1.12 bits per heavy atom. The van der Waals surface area contributed by atoms with Crippen molar-refractivity contribution >= 4 is 23.2 Å². The minimum Gasteiger partial charge on any atom is -0.434 e. The van der Waals surface area contributed by atoms with E-state index in [-0.39, 0.29) is 23.3 Å². The molecule has 0 bridgehead atoms. The van der Waals surface area contributed by atoms with E-state index in [1.807, 2.05) is 11.9 Å². The molecule has 33 heavy (non-hydrogen) atoms. The fourth-order valence-corrected chi connectivity index (χ4v) is 2.89. The number of amides is 1. The van der Waals surface area contributed by atoms with Crippen molar-refractivity contribution in [1.29, 1.82) is 0 Å². The summed E-state index contributed by atoms with van der Waals surface area (Å²) in [4.78, 5) is 36.7. The van der Waals surface area contributed by atoms with Crippen molar-refractivity contribution in [3.05, 3.63) is 54.7 Å². The number of nitrogens with zero attached hydrogens (tertiary/aromatic N) is 4. The van der Waals surface area contributed by atoms with E-state index < -0.39 is 5.82 Å². The van der Waals surface area contributed by atoms with Crippen LogP contribution in [0, 0.1) is 5.82 Å². The number of pyridine rings is 1. The number of nitrogens with one attached hydrogen (secondary N) is 2. The molecule has 2 aromatic heterocycles. The Hall–Kier alpha value is -3.92. The maximum atomic E-state index is 14.7. The Morgan fingerprint density at radius 2 is 1.94 bits per heavy atom. The summed E-state index contributed by atoms with van der Waals surface area (Å²) < 4.78 is 20.3. The van der Waals surface area contributed by atoms with Crippen molar-refractivity contribution in [3.63, 3.8) is 0 Å². The summed E-state index contributed by atoms with van der Waals surface area (Å²) in [6, 6.07) is 7.89. The molecule has 0 saturated carbocycles. The second-order valence-electron chi connectivity index (χ2n) is 7.38. The first kappa shape index (κ1) is 23.7. The van der Waals surface area contributed by atoms with Crippen LogP contribution in [0.5, 0.6) is 11.6 Å². The van der Waals surface area contributed by atoms with Gasteiger partial charge in [-0.15, -0.1) is 0 Å². The first-order valence-corrected chi connectivity index (χ1v) is 10.3. The van der Waals surface area contributed by atoms with Crippen molar-refractivity contribution < 1.29 is 18.7 Å². The number of rotatable bonds is 10. The van der Waals surface area contributed by atoms with Gasteiger partial charge < -0.3 is 20.3 Å². The van der Waals surface area contributed by atoms with Gasteiger partial charge in [-0.05, 0) is 37.3 Å². The molecule has 0 atom stereocenters. The third-order valence-corrected chi connectivity index (χ3v) is 4.51. The maximum absolute atomic E-state index is 14.7. The molecular weight excluding hydrogens is 427 g/mol. The van der Waals surface area contributed by atoms with E-state index in [4.69, 9.17) is 4.74 Å². The lowest BCUT2D eigenvalue weighted by atomic mass is 10.1. The van der Waals surface area contributed by atoms with Crippen LogP contribution < -0.4 is 20.3 Å². The van der Waals surface area contributed by atoms with Crippen LogP contribution in [-0.2, 0) is 9.59 Å². The minimum atomic E-state index is -0.575. The topological polar surface area (TPSA) is 109 Å². The van der Waals surface area contributed by atoms with E-state index >= 15 is 0 Å². The predicted octanol–water partition coefficient (Wildman–Crippen LogP) is 3.04. The van der Waals surface area contributed by atoms with Crippen molar-refractivity contribution in [2.24, 2.45) is 0 Å². The number of ether oxygens (including phenoxy) is 1. The first-order valence-electron chi connectivity index (χ1n) is 10.3. The molecule has 172 valence electrons.